The minimum Gasteiger partial charge on any atom is -0.479 e. The summed E-state index contributed by atoms with van der Waals surface area (Å²) < 4.78 is 12.8. The van der Waals surface area contributed by atoms with Gasteiger partial charge >= 0.3 is 5.97 Å². The van der Waals surface area contributed by atoms with Gasteiger partial charge in [0.1, 0.15) is 6.07 Å². The van der Waals surface area contributed by atoms with Gasteiger partial charge in [-0.15, -0.1) is 0 Å². The van der Waals surface area contributed by atoms with Gasteiger partial charge in [0.05, 0.1) is 5.56 Å². The lowest BCUT2D eigenvalue weighted by atomic mass is 10.1. The van der Waals surface area contributed by atoms with Crippen LogP contribution in [0.25, 0.3) is 0 Å². The van der Waals surface area contributed by atoms with Gasteiger partial charge < -0.3 is 5.11 Å². The van der Waals surface area contributed by atoms with Crippen LogP contribution in [-0.4, -0.2) is 16.1 Å². The van der Waals surface area contributed by atoms with Gasteiger partial charge in [0, 0.05) is 18.0 Å². The molecule has 0 spiro atoms. The molecule has 0 aliphatic rings. The standard InChI is InChI=1S/C8H5FN2O2/c9-7(8(12)13)6-1-5(2-10)3-11-4-6/h1,3-4,7H,(H,12,13). The van der Waals surface area contributed by atoms with Crippen LogP contribution in [0, 0.1) is 11.3 Å². The maximum atomic E-state index is 12.8. The molecule has 0 amide bonds. The third-order valence-electron chi connectivity index (χ3n) is 1.40. The summed E-state index contributed by atoms with van der Waals surface area (Å²) in [5, 5.41) is 16.7. The summed E-state index contributed by atoms with van der Waals surface area (Å²) in [6.45, 7) is 0. The third kappa shape index (κ3) is 1.99. The first-order chi connectivity index (χ1) is 6.15. The van der Waals surface area contributed by atoms with Crippen LogP contribution < -0.4 is 0 Å². The molecule has 5 heteroatoms. The van der Waals surface area contributed by atoms with E-state index in [1.807, 2.05) is 0 Å². The first-order valence-electron chi connectivity index (χ1n) is 3.37. The van der Waals surface area contributed by atoms with Gasteiger partial charge in [-0.05, 0) is 6.07 Å². The molecule has 0 aliphatic heterocycles. The first-order valence-corrected chi connectivity index (χ1v) is 3.37. The predicted molar refractivity (Wildman–Crippen MR) is 40.4 cm³/mol. The monoisotopic (exact) mass is 180 g/mol. The Hall–Kier alpha value is -1.96. The summed E-state index contributed by atoms with van der Waals surface area (Å²) in [5.74, 6) is -1.59. The zero-order valence-electron chi connectivity index (χ0n) is 6.44. The smallest absolute Gasteiger partial charge is 0.343 e. The highest BCUT2D eigenvalue weighted by Gasteiger charge is 2.18. The average molecular weight is 180 g/mol. The number of nitriles is 1. The molecule has 0 fully saturated rings. The van der Waals surface area contributed by atoms with Crippen molar-refractivity contribution < 1.29 is 14.3 Å². The van der Waals surface area contributed by atoms with E-state index in [1.165, 1.54) is 6.20 Å². The van der Waals surface area contributed by atoms with Crippen LogP contribution in [0.3, 0.4) is 0 Å². The molecule has 0 bridgehead atoms. The lowest BCUT2D eigenvalue weighted by Gasteiger charge is -2.01. The van der Waals surface area contributed by atoms with E-state index in [2.05, 4.69) is 4.98 Å². The fourth-order valence-corrected chi connectivity index (χ4v) is 0.800. The number of halogens is 1. The molecule has 1 heterocycles. The molecule has 4 nitrogen and oxygen atoms in total. The Bertz CT molecular complexity index is 373. The number of carboxylic acid groups (broad SMARTS) is 1. The Labute approximate surface area is 73.3 Å². The van der Waals surface area contributed by atoms with E-state index < -0.39 is 12.1 Å². The normalized spacial score (nSPS) is 11.7. The Morgan fingerprint density at radius 1 is 1.69 bits per heavy atom. The van der Waals surface area contributed by atoms with E-state index in [0.717, 1.165) is 12.3 Å². The minimum atomic E-state index is -2.12. The van der Waals surface area contributed by atoms with Crippen molar-refractivity contribution >= 4 is 5.97 Å². The largest absolute Gasteiger partial charge is 0.479 e. The SMILES string of the molecule is N#Cc1cncc(C(F)C(=O)O)c1. The lowest BCUT2D eigenvalue weighted by molar-refractivity contribution is -0.143. The molecule has 0 aliphatic carbocycles. The summed E-state index contributed by atoms with van der Waals surface area (Å²) in [4.78, 5) is 13.7. The Morgan fingerprint density at radius 2 is 2.38 bits per heavy atom. The van der Waals surface area contributed by atoms with Crippen molar-refractivity contribution in [3.05, 3.63) is 29.6 Å². The molecule has 1 unspecified atom stereocenters. The number of hydrogen-bond acceptors (Lipinski definition) is 3. The van der Waals surface area contributed by atoms with Crippen LogP contribution in [0.15, 0.2) is 18.5 Å². The maximum Gasteiger partial charge on any atom is 0.343 e. The van der Waals surface area contributed by atoms with Crippen LogP contribution in [0.5, 0.6) is 0 Å². The van der Waals surface area contributed by atoms with Crippen LogP contribution in [-0.2, 0) is 4.79 Å². The summed E-state index contributed by atoms with van der Waals surface area (Å²) in [7, 11) is 0. The second-order valence-electron chi connectivity index (χ2n) is 2.32. The van der Waals surface area contributed by atoms with Crippen molar-refractivity contribution in [1.82, 2.24) is 4.98 Å². The second-order valence-corrected chi connectivity index (χ2v) is 2.32. The first kappa shape index (κ1) is 9.13. The van der Waals surface area contributed by atoms with Crippen molar-refractivity contribution in [3.63, 3.8) is 0 Å². The van der Waals surface area contributed by atoms with Crippen LogP contribution in [0.2, 0.25) is 0 Å². The van der Waals surface area contributed by atoms with Gasteiger partial charge in [-0.2, -0.15) is 5.26 Å². The Morgan fingerprint density at radius 3 is 2.92 bits per heavy atom. The van der Waals surface area contributed by atoms with Crippen molar-refractivity contribution in [1.29, 1.82) is 5.26 Å². The van der Waals surface area contributed by atoms with E-state index in [0.29, 0.717) is 0 Å². The van der Waals surface area contributed by atoms with Gasteiger partial charge in [0.25, 0.3) is 0 Å². The second kappa shape index (κ2) is 3.63. The summed E-state index contributed by atoms with van der Waals surface area (Å²) in [6, 6.07) is 2.90. The van der Waals surface area contributed by atoms with Crippen LogP contribution in [0.1, 0.15) is 17.3 Å². The van der Waals surface area contributed by atoms with Crippen LogP contribution >= 0.6 is 0 Å². The Balaban J connectivity index is 3.03. The fraction of sp³-hybridized carbons (Fsp3) is 0.125. The van der Waals surface area contributed by atoms with Gasteiger partial charge in [-0.3, -0.25) is 4.98 Å². The topological polar surface area (TPSA) is 74.0 Å². The number of carboxylic acids is 1. The minimum absolute atomic E-state index is 0.119. The molecule has 0 aromatic carbocycles. The van der Waals surface area contributed by atoms with E-state index >= 15 is 0 Å². The molecule has 66 valence electrons. The van der Waals surface area contributed by atoms with Gasteiger partial charge in [-0.1, -0.05) is 0 Å². The molecular formula is C8H5FN2O2. The zero-order chi connectivity index (χ0) is 9.84. The quantitative estimate of drug-likeness (QED) is 0.738. The molecule has 1 aromatic rings. The van der Waals surface area contributed by atoms with E-state index in [9.17, 15) is 9.18 Å². The molecule has 1 atom stereocenters. The van der Waals surface area contributed by atoms with Crippen molar-refractivity contribution in [3.8, 4) is 6.07 Å². The molecule has 0 saturated heterocycles. The van der Waals surface area contributed by atoms with Crippen molar-refractivity contribution in [2.75, 3.05) is 0 Å². The molecule has 1 aromatic heterocycles. The van der Waals surface area contributed by atoms with E-state index in [4.69, 9.17) is 10.4 Å². The molecule has 0 saturated carbocycles. The van der Waals surface area contributed by atoms with E-state index in [-0.39, 0.29) is 11.1 Å². The fourth-order valence-electron chi connectivity index (χ4n) is 0.800. The number of aliphatic carboxylic acids is 1. The number of hydrogen-bond donors (Lipinski definition) is 1. The predicted octanol–water partition coefficient (Wildman–Crippen LogP) is 1.05. The van der Waals surface area contributed by atoms with Crippen molar-refractivity contribution in [2.24, 2.45) is 0 Å². The highest BCUT2D eigenvalue weighted by molar-refractivity contribution is 5.74. The molecule has 1 rings (SSSR count). The van der Waals surface area contributed by atoms with Crippen molar-refractivity contribution in [2.45, 2.75) is 6.17 Å². The maximum absolute atomic E-state index is 12.8. The Kier molecular flexibility index (Phi) is 2.55. The van der Waals surface area contributed by atoms with Gasteiger partial charge in [-0.25, -0.2) is 9.18 Å². The highest BCUT2D eigenvalue weighted by Crippen LogP contribution is 2.16. The number of pyridine rings is 1. The molecule has 13 heavy (non-hydrogen) atoms. The summed E-state index contributed by atoms with van der Waals surface area (Å²) >= 11 is 0. The van der Waals surface area contributed by atoms with Crippen LogP contribution in [0.4, 0.5) is 4.39 Å². The lowest BCUT2D eigenvalue weighted by Crippen LogP contribution is -2.06. The number of carbonyl (C=O) groups is 1. The number of rotatable bonds is 2. The highest BCUT2D eigenvalue weighted by atomic mass is 19.1. The summed E-state index contributed by atoms with van der Waals surface area (Å²) in [6.07, 6.45) is 0.193. The van der Waals surface area contributed by atoms with Gasteiger partial charge in [0.2, 0.25) is 6.17 Å². The van der Waals surface area contributed by atoms with Gasteiger partial charge in [0.15, 0.2) is 0 Å². The third-order valence-corrected chi connectivity index (χ3v) is 1.40. The molecule has 0 radical (unpaired) electrons. The van der Waals surface area contributed by atoms with E-state index in [1.54, 1.807) is 6.07 Å². The molecule has 1 N–H and O–H groups in total. The number of nitrogens with zero attached hydrogens (tertiary/aromatic N) is 2. The zero-order valence-corrected chi connectivity index (χ0v) is 6.44. The molecular weight excluding hydrogens is 175 g/mol. The summed E-state index contributed by atoms with van der Waals surface area (Å²) in [5.41, 5.74) is 0.0213. The number of alkyl halides is 1. The average Bonchev–Trinajstić information content (AvgIpc) is 2.16. The number of aromatic nitrogens is 1.